The highest BCUT2D eigenvalue weighted by Crippen LogP contribution is 2.18. The van der Waals surface area contributed by atoms with E-state index in [1.54, 1.807) is 0 Å². The van der Waals surface area contributed by atoms with Gasteiger partial charge in [0.1, 0.15) is 13.2 Å². The van der Waals surface area contributed by atoms with Crippen molar-refractivity contribution < 1.29 is 28.6 Å². The van der Waals surface area contributed by atoms with E-state index in [1.807, 2.05) is 0 Å². The predicted molar refractivity (Wildman–Crippen MR) is 362 cm³/mol. The summed E-state index contributed by atoms with van der Waals surface area (Å²) < 4.78 is 16.9. The Bertz CT molecular complexity index is 1610. The second-order valence-corrected chi connectivity index (χ2v) is 23.7. The second kappa shape index (κ2) is 70.8. The highest BCUT2D eigenvalue weighted by Gasteiger charge is 2.19. The normalized spacial score (nSPS) is 12.7. The molecule has 0 radical (unpaired) electrons. The largest absolute Gasteiger partial charge is 0.462 e. The number of allylic oxidation sites excluding steroid dienone is 16. The van der Waals surface area contributed by atoms with Crippen LogP contribution in [0.3, 0.4) is 0 Å². The van der Waals surface area contributed by atoms with E-state index in [4.69, 9.17) is 14.2 Å². The maximum Gasteiger partial charge on any atom is 0.306 e. The van der Waals surface area contributed by atoms with E-state index >= 15 is 0 Å². The lowest BCUT2D eigenvalue weighted by atomic mass is 10.0. The Balaban J connectivity index is 4.13. The average molecular weight is 1160 g/mol. The molecular formula is C77H134O6. The van der Waals surface area contributed by atoms with E-state index < -0.39 is 6.10 Å². The molecule has 478 valence electrons. The Kier molecular flexibility index (Phi) is 67.7. The van der Waals surface area contributed by atoms with Gasteiger partial charge in [-0.25, -0.2) is 0 Å². The van der Waals surface area contributed by atoms with Gasteiger partial charge in [-0.2, -0.15) is 0 Å². The Morgan fingerprint density at radius 1 is 0.253 bits per heavy atom. The first-order valence-electron chi connectivity index (χ1n) is 35.7. The van der Waals surface area contributed by atoms with Crippen LogP contribution in [0, 0.1) is 0 Å². The zero-order valence-corrected chi connectivity index (χ0v) is 54.9. The molecule has 0 aromatic heterocycles. The molecule has 0 amide bonds. The van der Waals surface area contributed by atoms with Crippen LogP contribution in [0.5, 0.6) is 0 Å². The van der Waals surface area contributed by atoms with Crippen molar-refractivity contribution in [2.75, 3.05) is 13.2 Å². The summed E-state index contributed by atoms with van der Waals surface area (Å²) in [6.07, 6.45) is 96.0. The summed E-state index contributed by atoms with van der Waals surface area (Å²) in [5, 5.41) is 0. The number of unbranched alkanes of at least 4 members (excludes halogenated alkanes) is 38. The van der Waals surface area contributed by atoms with Crippen LogP contribution in [0.4, 0.5) is 0 Å². The third-order valence-corrected chi connectivity index (χ3v) is 15.6. The zero-order chi connectivity index (χ0) is 59.9. The molecule has 0 N–H and O–H groups in total. The number of hydrogen-bond donors (Lipinski definition) is 0. The molecule has 0 rings (SSSR count). The lowest BCUT2D eigenvalue weighted by Crippen LogP contribution is -2.30. The quantitative estimate of drug-likeness (QED) is 0.0261. The molecular weight excluding hydrogens is 1020 g/mol. The van der Waals surface area contributed by atoms with Crippen LogP contribution in [-0.2, 0) is 28.6 Å². The molecule has 6 nitrogen and oxygen atoms in total. The van der Waals surface area contributed by atoms with Crippen molar-refractivity contribution in [1.29, 1.82) is 0 Å². The molecule has 0 bridgehead atoms. The Hall–Kier alpha value is -3.67. The fraction of sp³-hybridized carbons (Fsp3) is 0.753. The van der Waals surface area contributed by atoms with Gasteiger partial charge in [-0.15, -0.1) is 0 Å². The molecule has 0 spiro atoms. The van der Waals surface area contributed by atoms with Crippen LogP contribution in [0.25, 0.3) is 0 Å². The standard InChI is InChI=1S/C77H134O6/c1-4-7-10-13-16-19-22-25-27-29-30-31-32-33-34-35-36-37-38-39-40-41-42-43-44-45-46-48-49-52-55-58-61-64-67-70-76(79)82-73-74(72-81-75(78)69-66-63-60-57-54-51-24-21-18-15-12-9-6-3)83-77(80)71-68-65-62-59-56-53-50-47-28-26-23-20-17-14-11-8-5-2/h7-8,10-11,16-17,19-20,25-28,30-31,50,53,74H,4-6,9,12-15,18,21-24,29,32-49,51-52,54-73H2,1-3H3/b10-7-,11-8-,19-16-,20-17-,27-25-,28-26-,31-30-,53-50-. The Morgan fingerprint density at radius 2 is 0.470 bits per heavy atom. The molecule has 6 heteroatoms. The Labute approximate surface area is 515 Å². The third kappa shape index (κ3) is 69.0. The summed E-state index contributed by atoms with van der Waals surface area (Å²) >= 11 is 0. The molecule has 0 aliphatic heterocycles. The van der Waals surface area contributed by atoms with E-state index in [9.17, 15) is 14.4 Å². The average Bonchev–Trinajstić information content (AvgIpc) is 3.49. The monoisotopic (exact) mass is 1160 g/mol. The van der Waals surface area contributed by atoms with E-state index in [1.165, 1.54) is 193 Å². The van der Waals surface area contributed by atoms with Gasteiger partial charge in [-0.05, 0) is 96.3 Å². The first-order valence-corrected chi connectivity index (χ1v) is 35.7. The molecule has 0 saturated heterocycles. The minimum atomic E-state index is -0.788. The van der Waals surface area contributed by atoms with Crippen LogP contribution < -0.4 is 0 Å². The highest BCUT2D eigenvalue weighted by atomic mass is 16.6. The van der Waals surface area contributed by atoms with Crippen molar-refractivity contribution in [3.05, 3.63) is 97.2 Å². The molecule has 1 atom stereocenters. The number of esters is 3. The van der Waals surface area contributed by atoms with Crippen molar-refractivity contribution in [3.63, 3.8) is 0 Å². The van der Waals surface area contributed by atoms with Gasteiger partial charge in [0.15, 0.2) is 6.10 Å². The van der Waals surface area contributed by atoms with Crippen LogP contribution in [0.2, 0.25) is 0 Å². The summed E-state index contributed by atoms with van der Waals surface area (Å²) in [6.45, 7) is 6.44. The van der Waals surface area contributed by atoms with Crippen LogP contribution >= 0.6 is 0 Å². The molecule has 0 aliphatic carbocycles. The third-order valence-electron chi connectivity index (χ3n) is 15.6. The van der Waals surface area contributed by atoms with Crippen LogP contribution in [0.1, 0.15) is 355 Å². The first-order chi connectivity index (χ1) is 41.0. The number of rotatable bonds is 65. The van der Waals surface area contributed by atoms with Crippen LogP contribution in [0.15, 0.2) is 97.2 Å². The molecule has 0 aliphatic rings. The smallest absolute Gasteiger partial charge is 0.306 e. The molecule has 0 heterocycles. The summed E-state index contributed by atoms with van der Waals surface area (Å²) in [6, 6.07) is 0. The molecule has 0 fully saturated rings. The molecule has 0 aromatic carbocycles. The van der Waals surface area contributed by atoms with Crippen molar-refractivity contribution >= 4 is 17.9 Å². The van der Waals surface area contributed by atoms with Gasteiger partial charge in [-0.1, -0.05) is 336 Å². The lowest BCUT2D eigenvalue weighted by Gasteiger charge is -2.18. The van der Waals surface area contributed by atoms with E-state index in [0.717, 1.165) is 122 Å². The van der Waals surface area contributed by atoms with Crippen molar-refractivity contribution in [1.82, 2.24) is 0 Å². The molecule has 0 saturated carbocycles. The van der Waals surface area contributed by atoms with Gasteiger partial charge in [-0.3, -0.25) is 14.4 Å². The first kappa shape index (κ1) is 79.3. The van der Waals surface area contributed by atoms with Crippen molar-refractivity contribution in [2.24, 2.45) is 0 Å². The predicted octanol–water partition coefficient (Wildman–Crippen LogP) is 24.8. The lowest BCUT2D eigenvalue weighted by molar-refractivity contribution is -0.167. The Morgan fingerprint density at radius 3 is 0.735 bits per heavy atom. The van der Waals surface area contributed by atoms with Gasteiger partial charge in [0, 0.05) is 19.3 Å². The van der Waals surface area contributed by atoms with Gasteiger partial charge in [0.25, 0.3) is 0 Å². The SMILES string of the molecule is CC/C=C\C/C=C\C/C=C\C/C=C\CCCCCCCCCCCCCCCCCCCCCCCCC(=O)OCC(COC(=O)CCCCCCCCCCCCCCC)OC(=O)CCCCCC/C=C\C/C=C\C/C=C\C/C=C\CC. The summed E-state index contributed by atoms with van der Waals surface area (Å²) in [5.41, 5.74) is 0. The summed E-state index contributed by atoms with van der Waals surface area (Å²) in [7, 11) is 0. The van der Waals surface area contributed by atoms with E-state index in [2.05, 4.69) is 118 Å². The second-order valence-electron chi connectivity index (χ2n) is 23.7. The maximum atomic E-state index is 12.9. The van der Waals surface area contributed by atoms with Gasteiger partial charge < -0.3 is 14.2 Å². The zero-order valence-electron chi connectivity index (χ0n) is 54.9. The number of carbonyl (C=O) groups is 3. The van der Waals surface area contributed by atoms with Gasteiger partial charge >= 0.3 is 17.9 Å². The minimum absolute atomic E-state index is 0.0819. The van der Waals surface area contributed by atoms with Crippen molar-refractivity contribution in [2.45, 2.75) is 361 Å². The van der Waals surface area contributed by atoms with E-state index in [-0.39, 0.29) is 31.1 Å². The highest BCUT2D eigenvalue weighted by molar-refractivity contribution is 5.71. The van der Waals surface area contributed by atoms with Crippen LogP contribution in [-0.4, -0.2) is 37.2 Å². The number of hydrogen-bond acceptors (Lipinski definition) is 6. The molecule has 1 unspecified atom stereocenters. The van der Waals surface area contributed by atoms with E-state index in [0.29, 0.717) is 19.3 Å². The molecule has 83 heavy (non-hydrogen) atoms. The number of ether oxygens (including phenoxy) is 3. The topological polar surface area (TPSA) is 78.9 Å². The summed E-state index contributed by atoms with van der Waals surface area (Å²) in [5.74, 6) is -0.887. The fourth-order valence-corrected chi connectivity index (χ4v) is 10.3. The minimum Gasteiger partial charge on any atom is -0.462 e. The maximum absolute atomic E-state index is 12.9. The fourth-order valence-electron chi connectivity index (χ4n) is 10.3. The van der Waals surface area contributed by atoms with Gasteiger partial charge in [0.05, 0.1) is 0 Å². The van der Waals surface area contributed by atoms with Crippen molar-refractivity contribution in [3.8, 4) is 0 Å². The summed E-state index contributed by atoms with van der Waals surface area (Å²) in [4.78, 5) is 38.4. The molecule has 0 aromatic rings. The number of carbonyl (C=O) groups excluding carboxylic acids is 3. The van der Waals surface area contributed by atoms with Gasteiger partial charge in [0.2, 0.25) is 0 Å².